The molecular formula is C15H26N2O2. The van der Waals surface area contributed by atoms with Crippen molar-refractivity contribution < 1.29 is 9.47 Å². The van der Waals surface area contributed by atoms with Crippen molar-refractivity contribution in [2.24, 2.45) is 5.73 Å². The average Bonchev–Trinajstić information content (AvgIpc) is 2.44. The molecule has 4 nitrogen and oxygen atoms in total. The molecule has 0 aliphatic carbocycles. The summed E-state index contributed by atoms with van der Waals surface area (Å²) in [5.41, 5.74) is 6.68. The van der Waals surface area contributed by atoms with E-state index in [1.807, 2.05) is 24.3 Å². The maximum atomic E-state index is 5.70. The molecule has 2 N–H and O–H groups in total. The summed E-state index contributed by atoms with van der Waals surface area (Å²) in [7, 11) is 3.85. The van der Waals surface area contributed by atoms with Gasteiger partial charge in [0.05, 0.1) is 13.2 Å². The summed E-state index contributed by atoms with van der Waals surface area (Å²) in [6, 6.07) is 8.39. The van der Waals surface area contributed by atoms with Crippen LogP contribution in [0.4, 0.5) is 0 Å². The van der Waals surface area contributed by atoms with Crippen LogP contribution in [0.3, 0.4) is 0 Å². The molecule has 1 unspecified atom stereocenters. The van der Waals surface area contributed by atoms with Crippen molar-refractivity contribution in [2.75, 3.05) is 33.9 Å². The summed E-state index contributed by atoms with van der Waals surface area (Å²) >= 11 is 0. The predicted octanol–water partition coefficient (Wildman–Crippen LogP) is 1.88. The fourth-order valence-corrected chi connectivity index (χ4v) is 1.81. The first-order chi connectivity index (χ1) is 9.17. The largest absolute Gasteiger partial charge is 0.494 e. The monoisotopic (exact) mass is 266 g/mol. The van der Waals surface area contributed by atoms with Crippen molar-refractivity contribution in [2.45, 2.75) is 25.9 Å². The molecule has 0 bridgehead atoms. The van der Waals surface area contributed by atoms with Gasteiger partial charge in [-0.1, -0.05) is 12.1 Å². The Kier molecular flexibility index (Phi) is 7.48. The number of nitrogens with zero attached hydrogens (tertiary/aromatic N) is 1. The van der Waals surface area contributed by atoms with Gasteiger partial charge in [0.2, 0.25) is 0 Å². The van der Waals surface area contributed by atoms with Gasteiger partial charge < -0.3 is 20.1 Å². The Morgan fingerprint density at radius 1 is 1.26 bits per heavy atom. The topological polar surface area (TPSA) is 47.7 Å². The molecular weight excluding hydrogens is 240 g/mol. The van der Waals surface area contributed by atoms with Gasteiger partial charge >= 0.3 is 0 Å². The number of ether oxygens (including phenoxy) is 2. The van der Waals surface area contributed by atoms with Gasteiger partial charge in [-0.25, -0.2) is 0 Å². The standard InChI is InChI=1S/C15H26N2O2/c1-13(12-18-3)17(2)9-4-10-19-15-7-5-14(11-16)6-8-15/h5-8,13H,4,9-12,16H2,1-3H3. The third-order valence-corrected chi connectivity index (χ3v) is 3.24. The van der Waals surface area contributed by atoms with Crippen LogP contribution in [0.2, 0.25) is 0 Å². The van der Waals surface area contributed by atoms with E-state index in [2.05, 4.69) is 18.9 Å². The second kappa shape index (κ2) is 8.91. The second-order valence-corrected chi connectivity index (χ2v) is 4.84. The lowest BCUT2D eigenvalue weighted by Gasteiger charge is -2.23. The van der Waals surface area contributed by atoms with Crippen molar-refractivity contribution in [3.63, 3.8) is 0 Å². The first kappa shape index (κ1) is 16.0. The summed E-state index contributed by atoms with van der Waals surface area (Å²) in [6.07, 6.45) is 1.00. The van der Waals surface area contributed by atoms with E-state index in [1.54, 1.807) is 7.11 Å². The van der Waals surface area contributed by atoms with Crippen molar-refractivity contribution in [1.29, 1.82) is 0 Å². The number of likely N-dealkylation sites (N-methyl/N-ethyl adjacent to an activating group) is 1. The zero-order chi connectivity index (χ0) is 14.1. The zero-order valence-corrected chi connectivity index (χ0v) is 12.3. The molecule has 1 aromatic rings. The van der Waals surface area contributed by atoms with Gasteiger partial charge in [0.25, 0.3) is 0 Å². The molecule has 0 spiro atoms. The SMILES string of the molecule is COCC(C)N(C)CCCOc1ccc(CN)cc1. The highest BCUT2D eigenvalue weighted by Crippen LogP contribution is 2.12. The van der Waals surface area contributed by atoms with Crippen LogP contribution in [0, 0.1) is 0 Å². The molecule has 1 aromatic carbocycles. The van der Waals surface area contributed by atoms with Crippen LogP contribution in [0.25, 0.3) is 0 Å². The van der Waals surface area contributed by atoms with E-state index < -0.39 is 0 Å². The molecule has 4 heteroatoms. The van der Waals surface area contributed by atoms with Crippen LogP contribution in [-0.2, 0) is 11.3 Å². The zero-order valence-electron chi connectivity index (χ0n) is 12.3. The average molecular weight is 266 g/mol. The van der Waals surface area contributed by atoms with Crippen LogP contribution < -0.4 is 10.5 Å². The third-order valence-electron chi connectivity index (χ3n) is 3.24. The van der Waals surface area contributed by atoms with E-state index in [4.69, 9.17) is 15.2 Å². The Bertz CT molecular complexity index is 341. The molecule has 0 saturated carbocycles. The normalized spacial score (nSPS) is 12.7. The van der Waals surface area contributed by atoms with Gasteiger partial charge in [0, 0.05) is 26.2 Å². The lowest BCUT2D eigenvalue weighted by atomic mass is 10.2. The van der Waals surface area contributed by atoms with Gasteiger partial charge in [-0.2, -0.15) is 0 Å². The van der Waals surface area contributed by atoms with Crippen LogP contribution in [0.1, 0.15) is 18.9 Å². The minimum atomic E-state index is 0.439. The van der Waals surface area contributed by atoms with E-state index in [0.29, 0.717) is 12.6 Å². The molecule has 0 radical (unpaired) electrons. The number of hydrogen-bond donors (Lipinski definition) is 1. The molecule has 19 heavy (non-hydrogen) atoms. The molecule has 108 valence electrons. The molecule has 0 aliphatic heterocycles. The van der Waals surface area contributed by atoms with E-state index >= 15 is 0 Å². The Morgan fingerprint density at radius 3 is 2.53 bits per heavy atom. The smallest absolute Gasteiger partial charge is 0.119 e. The molecule has 1 rings (SSSR count). The van der Waals surface area contributed by atoms with Crippen molar-refractivity contribution in [1.82, 2.24) is 4.90 Å². The quantitative estimate of drug-likeness (QED) is 0.693. The Labute approximate surface area is 116 Å². The fraction of sp³-hybridized carbons (Fsp3) is 0.600. The van der Waals surface area contributed by atoms with Crippen LogP contribution in [-0.4, -0.2) is 44.9 Å². The molecule has 0 aromatic heterocycles. The summed E-state index contributed by atoms with van der Waals surface area (Å²) in [4.78, 5) is 2.28. The molecule has 0 amide bonds. The molecule has 0 saturated heterocycles. The lowest BCUT2D eigenvalue weighted by Crippen LogP contribution is -2.34. The summed E-state index contributed by atoms with van der Waals surface area (Å²) in [6.45, 7) is 5.23. The lowest BCUT2D eigenvalue weighted by molar-refractivity contribution is 0.112. The van der Waals surface area contributed by atoms with Gasteiger partial charge in [-0.05, 0) is 38.1 Å². The van der Waals surface area contributed by atoms with E-state index in [1.165, 1.54) is 0 Å². The predicted molar refractivity (Wildman–Crippen MR) is 78.4 cm³/mol. The number of nitrogens with two attached hydrogens (primary N) is 1. The van der Waals surface area contributed by atoms with Crippen molar-refractivity contribution in [3.8, 4) is 5.75 Å². The highest BCUT2D eigenvalue weighted by molar-refractivity contribution is 5.26. The molecule has 0 heterocycles. The Hall–Kier alpha value is -1.10. The maximum absolute atomic E-state index is 5.70. The third kappa shape index (κ3) is 6.05. The van der Waals surface area contributed by atoms with E-state index in [9.17, 15) is 0 Å². The van der Waals surface area contributed by atoms with E-state index in [0.717, 1.165) is 37.5 Å². The number of rotatable bonds is 9. The Morgan fingerprint density at radius 2 is 1.95 bits per heavy atom. The second-order valence-electron chi connectivity index (χ2n) is 4.84. The number of hydrogen-bond acceptors (Lipinski definition) is 4. The minimum absolute atomic E-state index is 0.439. The minimum Gasteiger partial charge on any atom is -0.494 e. The van der Waals surface area contributed by atoms with Gasteiger partial charge in [-0.3, -0.25) is 0 Å². The van der Waals surface area contributed by atoms with Crippen molar-refractivity contribution >= 4 is 0 Å². The van der Waals surface area contributed by atoms with E-state index in [-0.39, 0.29) is 0 Å². The van der Waals surface area contributed by atoms with Crippen LogP contribution in [0.5, 0.6) is 5.75 Å². The summed E-state index contributed by atoms with van der Waals surface area (Å²) in [5, 5.41) is 0. The summed E-state index contributed by atoms with van der Waals surface area (Å²) < 4.78 is 10.8. The Balaban J connectivity index is 2.19. The molecule has 0 fully saturated rings. The van der Waals surface area contributed by atoms with Crippen molar-refractivity contribution in [3.05, 3.63) is 29.8 Å². The fourth-order valence-electron chi connectivity index (χ4n) is 1.81. The molecule has 1 atom stereocenters. The summed E-state index contributed by atoms with van der Waals surface area (Å²) in [5.74, 6) is 0.907. The first-order valence-electron chi connectivity index (χ1n) is 6.78. The van der Waals surface area contributed by atoms with Gasteiger partial charge in [-0.15, -0.1) is 0 Å². The van der Waals surface area contributed by atoms with Gasteiger partial charge in [0.15, 0.2) is 0 Å². The molecule has 0 aliphatic rings. The highest BCUT2D eigenvalue weighted by Gasteiger charge is 2.07. The first-order valence-corrected chi connectivity index (χ1v) is 6.78. The van der Waals surface area contributed by atoms with Crippen LogP contribution >= 0.6 is 0 Å². The number of benzene rings is 1. The van der Waals surface area contributed by atoms with Gasteiger partial charge in [0.1, 0.15) is 5.75 Å². The maximum Gasteiger partial charge on any atom is 0.119 e. The highest BCUT2D eigenvalue weighted by atomic mass is 16.5. The number of methoxy groups -OCH3 is 1. The van der Waals surface area contributed by atoms with Crippen LogP contribution in [0.15, 0.2) is 24.3 Å².